The summed E-state index contributed by atoms with van der Waals surface area (Å²) in [6.45, 7) is 1.80. The van der Waals surface area contributed by atoms with Gasteiger partial charge in [0.1, 0.15) is 0 Å². The smallest absolute Gasteiger partial charge is 0.207 e. The summed E-state index contributed by atoms with van der Waals surface area (Å²) in [5, 5.41) is 0. The second-order valence-corrected chi connectivity index (χ2v) is 7.11. The lowest BCUT2D eigenvalue weighted by atomic mass is 10.1. The van der Waals surface area contributed by atoms with Crippen LogP contribution in [-0.2, 0) is 22.9 Å². The topological polar surface area (TPSA) is 37.4 Å². The van der Waals surface area contributed by atoms with Crippen LogP contribution in [0, 0.1) is 0 Å². The van der Waals surface area contributed by atoms with E-state index in [0.717, 1.165) is 19.3 Å². The lowest BCUT2D eigenvalue weighted by Crippen LogP contribution is -2.36. The van der Waals surface area contributed by atoms with Gasteiger partial charge in [-0.25, -0.2) is 8.42 Å². The number of benzene rings is 1. The fourth-order valence-electron chi connectivity index (χ4n) is 2.21. The van der Waals surface area contributed by atoms with Crippen molar-refractivity contribution in [3.63, 3.8) is 0 Å². The second kappa shape index (κ2) is 5.19. The van der Waals surface area contributed by atoms with E-state index in [9.17, 15) is 8.42 Å². The third-order valence-electron chi connectivity index (χ3n) is 3.59. The predicted molar refractivity (Wildman–Crippen MR) is 73.6 cm³/mol. The highest BCUT2D eigenvalue weighted by atomic mass is 35.5. The first-order valence-electron chi connectivity index (χ1n) is 6.12. The molecule has 0 radical (unpaired) electrons. The van der Waals surface area contributed by atoms with Crippen LogP contribution in [0.4, 0.5) is 0 Å². The molecule has 0 amide bonds. The van der Waals surface area contributed by atoms with E-state index in [0.29, 0.717) is 10.8 Å². The fourth-order valence-corrected chi connectivity index (χ4v) is 3.91. The Labute approximate surface area is 114 Å². The number of hydrogen-bond acceptors (Lipinski definition) is 2. The number of hydrogen-bond donors (Lipinski definition) is 0. The number of halogens is 1. The van der Waals surface area contributed by atoms with E-state index in [1.807, 2.05) is 12.1 Å². The van der Waals surface area contributed by atoms with Gasteiger partial charge in [-0.3, -0.25) is 0 Å². The number of nitrogens with zero attached hydrogens (tertiary/aromatic N) is 1. The van der Waals surface area contributed by atoms with Gasteiger partial charge in [0, 0.05) is 19.0 Å². The molecule has 100 valence electrons. The zero-order valence-electron chi connectivity index (χ0n) is 10.7. The zero-order valence-corrected chi connectivity index (χ0v) is 12.3. The monoisotopic (exact) mass is 287 g/mol. The minimum atomic E-state index is -3.42. The van der Waals surface area contributed by atoms with Gasteiger partial charge in [0.25, 0.3) is 0 Å². The molecule has 0 aromatic heterocycles. The van der Waals surface area contributed by atoms with Gasteiger partial charge in [-0.1, -0.05) is 6.07 Å². The molecule has 0 fully saturated rings. The minimum absolute atomic E-state index is 0.204. The van der Waals surface area contributed by atoms with Gasteiger partial charge in [0.05, 0.1) is 4.90 Å². The van der Waals surface area contributed by atoms with Gasteiger partial charge < -0.3 is 0 Å². The highest BCUT2D eigenvalue weighted by Gasteiger charge is 2.26. The molecule has 0 bridgehead atoms. The van der Waals surface area contributed by atoms with Crippen molar-refractivity contribution >= 4 is 21.6 Å². The fraction of sp³-hybridized carbons (Fsp3) is 0.538. The summed E-state index contributed by atoms with van der Waals surface area (Å²) in [6, 6.07) is 5.26. The number of sulfonamides is 1. The highest BCUT2D eigenvalue weighted by molar-refractivity contribution is 7.89. The molecule has 0 N–H and O–H groups in total. The molecular formula is C13H18ClNO2S. The predicted octanol–water partition coefficient (Wildman–Crippen LogP) is 2.42. The van der Waals surface area contributed by atoms with Crippen LogP contribution in [0.3, 0.4) is 0 Å². The Hall–Kier alpha value is -0.580. The summed E-state index contributed by atoms with van der Waals surface area (Å²) in [4.78, 5) is 0.377. The summed E-state index contributed by atoms with van der Waals surface area (Å²) < 4.78 is 26.1. The van der Waals surface area contributed by atoms with Crippen molar-refractivity contribution in [3.8, 4) is 0 Å². The molecular weight excluding hydrogens is 270 g/mol. The van der Waals surface area contributed by atoms with Gasteiger partial charge in [-0.05, 0) is 49.4 Å². The van der Waals surface area contributed by atoms with Crippen molar-refractivity contribution in [1.82, 2.24) is 4.31 Å². The molecule has 0 spiro atoms. The zero-order chi connectivity index (χ0) is 13.3. The first kappa shape index (κ1) is 13.8. The van der Waals surface area contributed by atoms with E-state index in [4.69, 9.17) is 11.6 Å². The van der Waals surface area contributed by atoms with Crippen LogP contribution in [0.15, 0.2) is 23.1 Å². The Morgan fingerprint density at radius 2 is 2.00 bits per heavy atom. The van der Waals surface area contributed by atoms with E-state index in [2.05, 4.69) is 0 Å². The quantitative estimate of drug-likeness (QED) is 0.798. The van der Waals surface area contributed by atoms with Crippen LogP contribution < -0.4 is 0 Å². The average Bonchev–Trinajstić information content (AvgIpc) is 2.83. The summed E-state index contributed by atoms with van der Waals surface area (Å²) in [7, 11) is -1.84. The molecule has 1 aliphatic carbocycles. The number of fused-ring (bicyclic) bond motifs is 1. The maximum absolute atomic E-state index is 12.4. The van der Waals surface area contributed by atoms with E-state index in [-0.39, 0.29) is 6.04 Å². The van der Waals surface area contributed by atoms with Crippen LogP contribution in [0.2, 0.25) is 0 Å². The van der Waals surface area contributed by atoms with Gasteiger partial charge in [0.15, 0.2) is 0 Å². The molecule has 1 aliphatic rings. The molecule has 0 heterocycles. The third kappa shape index (κ3) is 2.42. The standard InChI is InChI=1S/C13H18ClNO2S/c1-10(9-14)15(2)18(16,17)13-7-6-11-4-3-5-12(11)8-13/h6-8,10H,3-5,9H2,1-2H3. The molecule has 1 unspecified atom stereocenters. The maximum Gasteiger partial charge on any atom is 0.243 e. The molecule has 1 aromatic rings. The van der Waals surface area contributed by atoms with E-state index in [1.54, 1.807) is 20.0 Å². The molecule has 18 heavy (non-hydrogen) atoms. The molecule has 2 rings (SSSR count). The molecule has 1 aromatic carbocycles. The van der Waals surface area contributed by atoms with Crippen molar-refractivity contribution in [3.05, 3.63) is 29.3 Å². The number of rotatable bonds is 4. The van der Waals surface area contributed by atoms with Crippen molar-refractivity contribution in [2.24, 2.45) is 0 Å². The van der Waals surface area contributed by atoms with Crippen molar-refractivity contribution in [2.45, 2.75) is 37.1 Å². The molecule has 0 saturated carbocycles. The molecule has 1 atom stereocenters. The van der Waals surface area contributed by atoms with E-state index < -0.39 is 10.0 Å². The van der Waals surface area contributed by atoms with Gasteiger partial charge in [0.2, 0.25) is 10.0 Å². The summed E-state index contributed by atoms with van der Waals surface area (Å²) in [5.74, 6) is 0.292. The Morgan fingerprint density at radius 1 is 1.33 bits per heavy atom. The molecule has 5 heteroatoms. The van der Waals surface area contributed by atoms with Gasteiger partial charge >= 0.3 is 0 Å². The summed E-state index contributed by atoms with van der Waals surface area (Å²) in [6.07, 6.45) is 3.16. The number of alkyl halides is 1. The Balaban J connectivity index is 2.36. The Bertz CT molecular complexity index is 542. The van der Waals surface area contributed by atoms with Crippen molar-refractivity contribution in [1.29, 1.82) is 0 Å². The van der Waals surface area contributed by atoms with Crippen LogP contribution >= 0.6 is 11.6 Å². The van der Waals surface area contributed by atoms with Crippen LogP contribution in [0.25, 0.3) is 0 Å². The first-order valence-corrected chi connectivity index (χ1v) is 8.10. The number of aryl methyl sites for hydroxylation is 2. The third-order valence-corrected chi connectivity index (χ3v) is 6.01. The maximum atomic E-state index is 12.4. The second-order valence-electron chi connectivity index (χ2n) is 4.81. The molecule has 3 nitrogen and oxygen atoms in total. The highest BCUT2D eigenvalue weighted by Crippen LogP contribution is 2.26. The normalized spacial score (nSPS) is 16.9. The largest absolute Gasteiger partial charge is 0.243 e. The first-order chi connectivity index (χ1) is 8.46. The molecule has 0 aliphatic heterocycles. The van der Waals surface area contributed by atoms with E-state index in [1.165, 1.54) is 15.4 Å². The van der Waals surface area contributed by atoms with Gasteiger partial charge in [-0.2, -0.15) is 4.31 Å². The van der Waals surface area contributed by atoms with Crippen LogP contribution in [0.5, 0.6) is 0 Å². The van der Waals surface area contributed by atoms with Crippen LogP contribution in [-0.4, -0.2) is 31.7 Å². The lowest BCUT2D eigenvalue weighted by molar-refractivity contribution is 0.413. The summed E-state index contributed by atoms with van der Waals surface area (Å²) in [5.41, 5.74) is 2.45. The average molecular weight is 288 g/mol. The lowest BCUT2D eigenvalue weighted by Gasteiger charge is -2.22. The summed E-state index contributed by atoms with van der Waals surface area (Å²) >= 11 is 5.73. The van der Waals surface area contributed by atoms with E-state index >= 15 is 0 Å². The SMILES string of the molecule is CC(CCl)N(C)S(=O)(=O)c1ccc2c(c1)CCC2. The van der Waals surface area contributed by atoms with Gasteiger partial charge in [-0.15, -0.1) is 11.6 Å². The van der Waals surface area contributed by atoms with Crippen molar-refractivity contribution < 1.29 is 8.42 Å². The van der Waals surface area contributed by atoms with Crippen LogP contribution in [0.1, 0.15) is 24.5 Å². The Kier molecular flexibility index (Phi) is 3.99. The Morgan fingerprint density at radius 3 is 2.67 bits per heavy atom. The van der Waals surface area contributed by atoms with Crippen molar-refractivity contribution in [2.75, 3.05) is 12.9 Å². The minimum Gasteiger partial charge on any atom is -0.207 e. The molecule has 0 saturated heterocycles.